The van der Waals surface area contributed by atoms with Gasteiger partial charge in [0.1, 0.15) is 11.5 Å². The van der Waals surface area contributed by atoms with Crippen molar-refractivity contribution in [1.29, 1.82) is 0 Å². The Hall–Kier alpha value is -2.65. The van der Waals surface area contributed by atoms with Crippen LogP contribution in [0.2, 0.25) is 0 Å². The molecule has 0 saturated carbocycles. The van der Waals surface area contributed by atoms with Gasteiger partial charge in [0.15, 0.2) is 5.69 Å². The number of carbonyl (C=O) groups excluding carboxylic acids is 1. The number of carbonyl (C=O) groups is 1. The zero-order valence-corrected chi connectivity index (χ0v) is 15.6. The van der Waals surface area contributed by atoms with Crippen molar-refractivity contribution in [2.45, 2.75) is 31.5 Å². The number of methoxy groups -OCH3 is 2. The third-order valence-electron chi connectivity index (χ3n) is 4.63. The number of aliphatic hydroxyl groups is 1. The number of piperidine rings is 1. The van der Waals surface area contributed by atoms with Gasteiger partial charge in [-0.2, -0.15) is 0 Å². The van der Waals surface area contributed by atoms with Gasteiger partial charge in [-0.1, -0.05) is 5.21 Å². The number of amides is 1. The van der Waals surface area contributed by atoms with Gasteiger partial charge >= 0.3 is 0 Å². The summed E-state index contributed by atoms with van der Waals surface area (Å²) in [6.45, 7) is 2.15. The van der Waals surface area contributed by atoms with E-state index in [0.29, 0.717) is 37.4 Å². The van der Waals surface area contributed by atoms with Crippen molar-refractivity contribution in [2.75, 3.05) is 27.3 Å². The molecule has 1 aromatic carbocycles. The summed E-state index contributed by atoms with van der Waals surface area (Å²) in [5, 5.41) is 24.5. The molecule has 0 spiro atoms. The lowest BCUT2D eigenvalue weighted by atomic mass is 9.92. The van der Waals surface area contributed by atoms with Gasteiger partial charge in [-0.3, -0.25) is 4.79 Å². The average Bonchev–Trinajstić information content (AvgIpc) is 3.14. The van der Waals surface area contributed by atoms with Crippen molar-refractivity contribution in [3.05, 3.63) is 35.7 Å². The van der Waals surface area contributed by atoms with Crippen LogP contribution in [0.15, 0.2) is 24.4 Å². The molecule has 1 aliphatic rings. The molecule has 146 valence electrons. The van der Waals surface area contributed by atoms with E-state index in [1.165, 1.54) is 4.68 Å². The topological polar surface area (TPSA) is 111 Å². The molecule has 27 heavy (non-hydrogen) atoms. The highest BCUT2D eigenvalue weighted by molar-refractivity contribution is 5.91. The molecule has 9 nitrogen and oxygen atoms in total. The summed E-state index contributed by atoms with van der Waals surface area (Å²) >= 11 is 0. The Morgan fingerprint density at radius 2 is 1.93 bits per heavy atom. The van der Waals surface area contributed by atoms with Crippen molar-refractivity contribution in [3.63, 3.8) is 0 Å². The van der Waals surface area contributed by atoms with Gasteiger partial charge in [0.05, 0.1) is 32.6 Å². The van der Waals surface area contributed by atoms with Crippen LogP contribution in [0.1, 0.15) is 28.9 Å². The summed E-state index contributed by atoms with van der Waals surface area (Å²) in [4.78, 5) is 12.4. The Bertz CT molecular complexity index is 764. The number of hydrogen-bond donors (Lipinski definition) is 3. The highest BCUT2D eigenvalue weighted by Gasteiger charge is 2.30. The van der Waals surface area contributed by atoms with Crippen LogP contribution >= 0.6 is 0 Å². The maximum atomic E-state index is 12.4. The minimum atomic E-state index is -0.816. The zero-order chi connectivity index (χ0) is 19.3. The molecular formula is C18H25N5O4. The Labute approximate surface area is 157 Å². The molecule has 0 radical (unpaired) electrons. The van der Waals surface area contributed by atoms with Crippen LogP contribution in [-0.4, -0.2) is 58.9 Å². The van der Waals surface area contributed by atoms with Gasteiger partial charge in [0, 0.05) is 12.6 Å². The molecule has 1 fully saturated rings. The Kier molecular flexibility index (Phi) is 5.92. The van der Waals surface area contributed by atoms with E-state index < -0.39 is 5.60 Å². The molecule has 1 aliphatic heterocycles. The molecule has 1 saturated heterocycles. The number of rotatable bonds is 7. The predicted octanol–water partition coefficient (Wildman–Crippen LogP) is 0.340. The van der Waals surface area contributed by atoms with Crippen LogP contribution in [0, 0.1) is 0 Å². The van der Waals surface area contributed by atoms with Gasteiger partial charge in [-0.15, -0.1) is 5.10 Å². The minimum Gasteiger partial charge on any atom is -0.497 e. The van der Waals surface area contributed by atoms with E-state index >= 15 is 0 Å². The maximum Gasteiger partial charge on any atom is 0.273 e. The normalized spacial score (nSPS) is 16.0. The van der Waals surface area contributed by atoms with Crippen molar-refractivity contribution >= 4 is 5.91 Å². The lowest BCUT2D eigenvalue weighted by molar-refractivity contribution is -0.00866. The molecule has 0 bridgehead atoms. The van der Waals surface area contributed by atoms with E-state index in [1.807, 2.05) is 12.1 Å². The number of nitrogens with one attached hydrogen (secondary N) is 2. The Morgan fingerprint density at radius 1 is 1.26 bits per heavy atom. The molecule has 0 aliphatic carbocycles. The van der Waals surface area contributed by atoms with E-state index in [9.17, 15) is 9.90 Å². The minimum absolute atomic E-state index is 0.211. The van der Waals surface area contributed by atoms with Crippen LogP contribution in [0.4, 0.5) is 0 Å². The summed E-state index contributed by atoms with van der Waals surface area (Å²) in [5.41, 5.74) is 0.238. The largest absolute Gasteiger partial charge is 0.497 e. The first-order valence-corrected chi connectivity index (χ1v) is 8.85. The van der Waals surface area contributed by atoms with Crippen LogP contribution < -0.4 is 20.1 Å². The van der Waals surface area contributed by atoms with Crippen molar-refractivity contribution < 1.29 is 19.4 Å². The van der Waals surface area contributed by atoms with E-state index in [4.69, 9.17) is 9.47 Å². The van der Waals surface area contributed by atoms with Crippen LogP contribution in [0.25, 0.3) is 0 Å². The van der Waals surface area contributed by atoms with E-state index in [1.54, 1.807) is 26.5 Å². The van der Waals surface area contributed by atoms with Crippen LogP contribution in [-0.2, 0) is 13.1 Å². The fraction of sp³-hybridized carbons (Fsp3) is 0.500. The fourth-order valence-electron chi connectivity index (χ4n) is 3.07. The third kappa shape index (κ3) is 4.95. The highest BCUT2D eigenvalue weighted by Crippen LogP contribution is 2.22. The fourth-order valence-corrected chi connectivity index (χ4v) is 3.07. The summed E-state index contributed by atoms with van der Waals surface area (Å²) < 4.78 is 12.0. The van der Waals surface area contributed by atoms with Crippen molar-refractivity contribution in [2.24, 2.45) is 0 Å². The average molecular weight is 375 g/mol. The van der Waals surface area contributed by atoms with Crippen molar-refractivity contribution in [3.8, 4) is 11.5 Å². The summed E-state index contributed by atoms with van der Waals surface area (Å²) in [6.07, 6.45) is 2.85. The lowest BCUT2D eigenvalue weighted by Gasteiger charge is -2.32. The number of benzene rings is 1. The molecule has 0 atom stereocenters. The number of ether oxygens (including phenoxy) is 2. The second-order valence-corrected chi connectivity index (χ2v) is 6.68. The first-order chi connectivity index (χ1) is 13.0. The van der Waals surface area contributed by atoms with Gasteiger partial charge in [-0.05, 0) is 43.6 Å². The van der Waals surface area contributed by atoms with Gasteiger partial charge in [-0.25, -0.2) is 4.68 Å². The molecule has 0 unspecified atom stereocenters. The lowest BCUT2D eigenvalue weighted by Crippen LogP contribution is -2.44. The van der Waals surface area contributed by atoms with Crippen LogP contribution in [0.5, 0.6) is 11.5 Å². The van der Waals surface area contributed by atoms with Gasteiger partial charge in [0.25, 0.3) is 5.91 Å². The summed E-state index contributed by atoms with van der Waals surface area (Å²) in [5.74, 6) is 0.972. The van der Waals surface area contributed by atoms with Crippen molar-refractivity contribution in [1.82, 2.24) is 25.6 Å². The van der Waals surface area contributed by atoms with E-state index in [-0.39, 0.29) is 11.6 Å². The molecule has 9 heteroatoms. The quantitative estimate of drug-likeness (QED) is 0.640. The first kappa shape index (κ1) is 19.1. The number of nitrogens with zero attached hydrogens (tertiary/aromatic N) is 3. The summed E-state index contributed by atoms with van der Waals surface area (Å²) in [6, 6.07) is 5.42. The Morgan fingerprint density at radius 3 is 2.56 bits per heavy atom. The third-order valence-corrected chi connectivity index (χ3v) is 4.63. The van der Waals surface area contributed by atoms with Gasteiger partial charge < -0.3 is 25.2 Å². The number of hydrogen-bond acceptors (Lipinski definition) is 7. The first-order valence-electron chi connectivity index (χ1n) is 8.85. The second-order valence-electron chi connectivity index (χ2n) is 6.68. The molecule has 1 aromatic heterocycles. The van der Waals surface area contributed by atoms with E-state index in [0.717, 1.165) is 18.7 Å². The molecule has 3 N–H and O–H groups in total. The molecule has 3 rings (SSSR count). The zero-order valence-electron chi connectivity index (χ0n) is 15.6. The summed E-state index contributed by atoms with van der Waals surface area (Å²) in [7, 11) is 3.15. The molecular weight excluding hydrogens is 350 g/mol. The smallest absolute Gasteiger partial charge is 0.273 e. The van der Waals surface area contributed by atoms with Gasteiger partial charge in [0.2, 0.25) is 0 Å². The number of aromatic nitrogens is 3. The monoisotopic (exact) mass is 375 g/mol. The van der Waals surface area contributed by atoms with Crippen LogP contribution in [0.3, 0.4) is 0 Å². The maximum absolute atomic E-state index is 12.4. The molecule has 2 heterocycles. The SMILES string of the molecule is COc1cc(CNC(=O)c2cn(CC3(O)CCNCC3)nn2)cc(OC)c1. The van der Waals surface area contributed by atoms with E-state index in [2.05, 4.69) is 20.9 Å². The predicted molar refractivity (Wildman–Crippen MR) is 97.8 cm³/mol. The standard InChI is InChI=1S/C18H25N5O4/c1-26-14-7-13(8-15(9-14)27-2)10-20-17(24)16-11-23(22-21-16)12-18(25)3-5-19-6-4-18/h7-9,11,19,25H,3-6,10,12H2,1-2H3,(H,20,24). The highest BCUT2D eigenvalue weighted by atomic mass is 16.5. The Balaban J connectivity index is 1.59. The second kappa shape index (κ2) is 8.36. The molecule has 1 amide bonds. The molecule has 2 aromatic rings.